The Bertz CT molecular complexity index is 588. The molecule has 1 aromatic carbocycles. The Labute approximate surface area is 121 Å². The summed E-state index contributed by atoms with van der Waals surface area (Å²) >= 11 is 0. The molecule has 3 rings (SSSR count). The number of sulfonamides is 1. The average Bonchev–Trinajstić information content (AvgIpc) is 3.07. The summed E-state index contributed by atoms with van der Waals surface area (Å²) in [6.45, 7) is 4.01. The summed E-state index contributed by atoms with van der Waals surface area (Å²) in [6, 6.07) is 6.25. The average molecular weight is 294 g/mol. The van der Waals surface area contributed by atoms with Gasteiger partial charge in [0.15, 0.2) is 0 Å². The van der Waals surface area contributed by atoms with Crippen LogP contribution in [0.1, 0.15) is 36.8 Å². The first kappa shape index (κ1) is 14.0. The highest BCUT2D eigenvalue weighted by atomic mass is 32.2. The zero-order chi connectivity index (χ0) is 14.2. The predicted octanol–water partition coefficient (Wildman–Crippen LogP) is 2.03. The van der Waals surface area contributed by atoms with Crippen LogP contribution in [0.3, 0.4) is 0 Å². The van der Waals surface area contributed by atoms with Crippen molar-refractivity contribution in [1.82, 2.24) is 9.62 Å². The van der Waals surface area contributed by atoms with E-state index in [4.69, 9.17) is 0 Å². The molecule has 1 saturated carbocycles. The number of rotatable bonds is 5. The third-order valence-corrected chi connectivity index (χ3v) is 6.28. The highest BCUT2D eigenvalue weighted by Crippen LogP contribution is 2.26. The van der Waals surface area contributed by atoms with Crippen molar-refractivity contribution in [2.75, 3.05) is 13.1 Å². The Hall–Kier alpha value is -0.910. The minimum absolute atomic E-state index is 0.481. The van der Waals surface area contributed by atoms with Gasteiger partial charge in [-0.25, -0.2) is 8.42 Å². The molecule has 0 amide bonds. The number of benzene rings is 1. The SMILES string of the molecule is Cc1c(CNC2CC2)cccc1S(=O)(=O)N1CCCC1. The molecule has 2 fully saturated rings. The lowest BCUT2D eigenvalue weighted by Crippen LogP contribution is -2.29. The van der Waals surface area contributed by atoms with E-state index in [1.54, 1.807) is 10.4 Å². The largest absolute Gasteiger partial charge is 0.310 e. The van der Waals surface area contributed by atoms with Gasteiger partial charge in [0.05, 0.1) is 4.90 Å². The van der Waals surface area contributed by atoms with Crippen molar-refractivity contribution in [1.29, 1.82) is 0 Å². The second kappa shape index (κ2) is 5.47. The Morgan fingerprint density at radius 3 is 2.60 bits per heavy atom. The van der Waals surface area contributed by atoms with Crippen LogP contribution < -0.4 is 5.32 Å². The van der Waals surface area contributed by atoms with E-state index in [9.17, 15) is 8.42 Å². The quantitative estimate of drug-likeness (QED) is 0.904. The molecule has 1 aliphatic carbocycles. The topological polar surface area (TPSA) is 49.4 Å². The van der Waals surface area contributed by atoms with Crippen molar-refractivity contribution in [2.24, 2.45) is 0 Å². The second-order valence-electron chi connectivity index (χ2n) is 5.81. The molecular formula is C15H22N2O2S. The molecule has 0 radical (unpaired) electrons. The standard InChI is InChI=1S/C15H22N2O2S/c1-12-13(11-16-14-7-8-14)5-4-6-15(12)20(18,19)17-9-2-3-10-17/h4-6,14,16H,2-3,7-11H2,1H3. The molecule has 20 heavy (non-hydrogen) atoms. The van der Waals surface area contributed by atoms with E-state index in [-0.39, 0.29) is 0 Å². The molecule has 1 aliphatic heterocycles. The van der Waals surface area contributed by atoms with Crippen molar-refractivity contribution in [3.05, 3.63) is 29.3 Å². The summed E-state index contributed by atoms with van der Waals surface area (Å²) in [5.74, 6) is 0. The van der Waals surface area contributed by atoms with Gasteiger partial charge in [-0.1, -0.05) is 12.1 Å². The van der Waals surface area contributed by atoms with Crippen molar-refractivity contribution >= 4 is 10.0 Å². The van der Waals surface area contributed by atoms with Gasteiger partial charge in [-0.3, -0.25) is 0 Å². The van der Waals surface area contributed by atoms with Gasteiger partial charge in [0.2, 0.25) is 10.0 Å². The predicted molar refractivity (Wildman–Crippen MR) is 79.0 cm³/mol. The van der Waals surface area contributed by atoms with Gasteiger partial charge in [-0.15, -0.1) is 0 Å². The molecule has 2 aliphatic rings. The first-order valence-electron chi connectivity index (χ1n) is 7.41. The van der Waals surface area contributed by atoms with Crippen LogP contribution in [0, 0.1) is 6.92 Å². The van der Waals surface area contributed by atoms with Gasteiger partial charge >= 0.3 is 0 Å². The van der Waals surface area contributed by atoms with Crippen molar-refractivity contribution < 1.29 is 8.42 Å². The van der Waals surface area contributed by atoms with Gasteiger partial charge in [0, 0.05) is 25.7 Å². The summed E-state index contributed by atoms with van der Waals surface area (Å²) in [5.41, 5.74) is 1.99. The zero-order valence-corrected chi connectivity index (χ0v) is 12.7. The maximum Gasteiger partial charge on any atom is 0.243 e. The van der Waals surface area contributed by atoms with Crippen molar-refractivity contribution in [3.8, 4) is 0 Å². The fourth-order valence-corrected chi connectivity index (χ4v) is 4.53. The van der Waals surface area contributed by atoms with E-state index >= 15 is 0 Å². The normalized spacial score (nSPS) is 20.4. The Morgan fingerprint density at radius 2 is 1.95 bits per heavy atom. The highest BCUT2D eigenvalue weighted by Gasteiger charge is 2.29. The maximum absolute atomic E-state index is 12.7. The minimum atomic E-state index is -3.31. The zero-order valence-electron chi connectivity index (χ0n) is 11.9. The van der Waals surface area contributed by atoms with E-state index in [1.165, 1.54) is 12.8 Å². The van der Waals surface area contributed by atoms with Gasteiger partial charge in [-0.2, -0.15) is 4.31 Å². The Morgan fingerprint density at radius 1 is 1.25 bits per heavy atom. The first-order chi connectivity index (χ1) is 9.59. The molecule has 1 saturated heterocycles. The molecule has 0 bridgehead atoms. The molecule has 5 heteroatoms. The third-order valence-electron chi connectivity index (χ3n) is 4.24. The number of nitrogens with one attached hydrogen (secondary N) is 1. The summed E-state index contributed by atoms with van der Waals surface area (Å²) in [4.78, 5) is 0.481. The van der Waals surface area contributed by atoms with Crippen LogP contribution >= 0.6 is 0 Å². The first-order valence-corrected chi connectivity index (χ1v) is 8.85. The molecule has 1 N–H and O–H groups in total. The third kappa shape index (κ3) is 2.75. The van der Waals surface area contributed by atoms with E-state index in [0.29, 0.717) is 24.0 Å². The number of hydrogen-bond donors (Lipinski definition) is 1. The van der Waals surface area contributed by atoms with Gasteiger partial charge in [0.1, 0.15) is 0 Å². The lowest BCUT2D eigenvalue weighted by molar-refractivity contribution is 0.477. The molecule has 0 aromatic heterocycles. The number of hydrogen-bond acceptors (Lipinski definition) is 3. The van der Waals surface area contributed by atoms with Crippen LogP contribution in [0.25, 0.3) is 0 Å². The van der Waals surface area contributed by atoms with Crippen LogP contribution in [-0.4, -0.2) is 31.9 Å². The van der Waals surface area contributed by atoms with Crippen molar-refractivity contribution in [2.45, 2.75) is 50.1 Å². The fourth-order valence-electron chi connectivity index (χ4n) is 2.74. The maximum atomic E-state index is 12.7. The molecule has 0 spiro atoms. The second-order valence-corrected chi connectivity index (χ2v) is 7.71. The summed E-state index contributed by atoms with van der Waals surface area (Å²) < 4.78 is 26.9. The van der Waals surface area contributed by atoms with E-state index in [0.717, 1.165) is 30.5 Å². The van der Waals surface area contributed by atoms with Gasteiger partial charge in [-0.05, 0) is 49.8 Å². The smallest absolute Gasteiger partial charge is 0.243 e. The van der Waals surface area contributed by atoms with Crippen molar-refractivity contribution in [3.63, 3.8) is 0 Å². The minimum Gasteiger partial charge on any atom is -0.310 e. The lowest BCUT2D eigenvalue weighted by atomic mass is 10.1. The van der Waals surface area contributed by atoms with Gasteiger partial charge < -0.3 is 5.32 Å². The lowest BCUT2D eigenvalue weighted by Gasteiger charge is -2.18. The van der Waals surface area contributed by atoms with E-state index < -0.39 is 10.0 Å². The van der Waals surface area contributed by atoms with Crippen LogP contribution in [0.4, 0.5) is 0 Å². The fraction of sp³-hybridized carbons (Fsp3) is 0.600. The molecular weight excluding hydrogens is 272 g/mol. The van der Waals surface area contributed by atoms with Crippen LogP contribution in [0.2, 0.25) is 0 Å². The van der Waals surface area contributed by atoms with Crippen LogP contribution in [-0.2, 0) is 16.6 Å². The molecule has 1 heterocycles. The van der Waals surface area contributed by atoms with Crippen LogP contribution in [0.5, 0.6) is 0 Å². The molecule has 0 unspecified atom stereocenters. The molecule has 4 nitrogen and oxygen atoms in total. The molecule has 1 aromatic rings. The van der Waals surface area contributed by atoms with E-state index in [1.807, 2.05) is 19.1 Å². The van der Waals surface area contributed by atoms with Gasteiger partial charge in [0.25, 0.3) is 0 Å². The Kier molecular flexibility index (Phi) is 3.84. The monoisotopic (exact) mass is 294 g/mol. The summed E-state index contributed by atoms with van der Waals surface area (Å²) in [7, 11) is -3.31. The number of nitrogens with zero attached hydrogens (tertiary/aromatic N) is 1. The van der Waals surface area contributed by atoms with Crippen LogP contribution in [0.15, 0.2) is 23.1 Å². The highest BCUT2D eigenvalue weighted by molar-refractivity contribution is 7.89. The summed E-state index contributed by atoms with van der Waals surface area (Å²) in [5, 5.41) is 3.45. The van der Waals surface area contributed by atoms with E-state index in [2.05, 4.69) is 5.32 Å². The molecule has 110 valence electrons. The summed E-state index contributed by atoms with van der Waals surface area (Å²) in [6.07, 6.45) is 4.43. The Balaban J connectivity index is 1.86. The molecule has 0 atom stereocenters.